The molecule has 0 saturated heterocycles. The minimum absolute atomic E-state index is 0.0436. The van der Waals surface area contributed by atoms with Gasteiger partial charge < -0.3 is 5.32 Å². The summed E-state index contributed by atoms with van der Waals surface area (Å²) in [5, 5.41) is 2.89. The van der Waals surface area contributed by atoms with E-state index in [4.69, 9.17) is 0 Å². The standard InChI is InChI=1S/C14H17NO/c1-10(2)8-14(16)15-13-7-6-11-4-3-5-12(11)9-13/h6-9H,3-5H2,1-2H3,(H,15,16). The minimum Gasteiger partial charge on any atom is -0.323 e. The molecule has 1 aliphatic carbocycles. The van der Waals surface area contributed by atoms with Crippen LogP contribution in [0.1, 0.15) is 31.4 Å². The molecule has 84 valence electrons. The molecule has 0 spiro atoms. The van der Waals surface area contributed by atoms with E-state index >= 15 is 0 Å². The number of hydrogen-bond acceptors (Lipinski definition) is 1. The number of hydrogen-bond donors (Lipinski definition) is 1. The smallest absolute Gasteiger partial charge is 0.248 e. The van der Waals surface area contributed by atoms with Crippen molar-refractivity contribution in [1.29, 1.82) is 0 Å². The van der Waals surface area contributed by atoms with Crippen LogP contribution in [0.4, 0.5) is 5.69 Å². The van der Waals surface area contributed by atoms with Gasteiger partial charge in [0, 0.05) is 11.8 Å². The average molecular weight is 215 g/mol. The SMILES string of the molecule is CC(C)=CC(=O)Nc1ccc2c(c1)CCC2. The number of amides is 1. The van der Waals surface area contributed by atoms with Crippen molar-refractivity contribution >= 4 is 11.6 Å². The third-order valence-electron chi connectivity index (χ3n) is 2.79. The number of rotatable bonds is 2. The summed E-state index contributed by atoms with van der Waals surface area (Å²) in [4.78, 5) is 11.5. The first-order chi connectivity index (χ1) is 7.65. The second kappa shape index (κ2) is 4.52. The number of allylic oxidation sites excluding steroid dienone is 1. The largest absolute Gasteiger partial charge is 0.323 e. The molecule has 1 amide bonds. The first-order valence-electron chi connectivity index (χ1n) is 5.73. The van der Waals surface area contributed by atoms with Crippen molar-refractivity contribution in [2.45, 2.75) is 33.1 Å². The summed E-state index contributed by atoms with van der Waals surface area (Å²) in [5.41, 5.74) is 4.73. The lowest BCUT2D eigenvalue weighted by Gasteiger charge is -2.05. The maximum absolute atomic E-state index is 11.5. The fraction of sp³-hybridized carbons (Fsp3) is 0.357. The molecule has 0 atom stereocenters. The van der Waals surface area contributed by atoms with Crippen LogP contribution in [-0.2, 0) is 17.6 Å². The van der Waals surface area contributed by atoms with Crippen molar-refractivity contribution in [1.82, 2.24) is 0 Å². The van der Waals surface area contributed by atoms with Gasteiger partial charge in [0.1, 0.15) is 0 Å². The summed E-state index contributed by atoms with van der Waals surface area (Å²) >= 11 is 0. The topological polar surface area (TPSA) is 29.1 Å². The first-order valence-corrected chi connectivity index (χ1v) is 5.73. The van der Waals surface area contributed by atoms with Crippen LogP contribution in [0.2, 0.25) is 0 Å². The number of anilines is 1. The molecule has 0 aromatic heterocycles. The zero-order valence-corrected chi connectivity index (χ0v) is 9.84. The molecule has 0 bridgehead atoms. The molecule has 0 unspecified atom stereocenters. The van der Waals surface area contributed by atoms with E-state index in [1.165, 1.54) is 24.0 Å². The Bertz CT molecular complexity index is 442. The average Bonchev–Trinajstić information content (AvgIpc) is 2.63. The Hall–Kier alpha value is -1.57. The van der Waals surface area contributed by atoms with Crippen LogP contribution in [0.25, 0.3) is 0 Å². The monoisotopic (exact) mass is 215 g/mol. The fourth-order valence-corrected chi connectivity index (χ4v) is 2.09. The van der Waals surface area contributed by atoms with Crippen LogP contribution >= 0.6 is 0 Å². The Labute approximate surface area is 96.4 Å². The lowest BCUT2D eigenvalue weighted by Crippen LogP contribution is -2.08. The molecule has 0 heterocycles. The van der Waals surface area contributed by atoms with Gasteiger partial charge in [-0.1, -0.05) is 11.6 Å². The molecule has 1 N–H and O–H groups in total. The highest BCUT2D eigenvalue weighted by Crippen LogP contribution is 2.24. The molecular weight excluding hydrogens is 198 g/mol. The van der Waals surface area contributed by atoms with Gasteiger partial charge in [-0.25, -0.2) is 0 Å². The van der Waals surface area contributed by atoms with E-state index in [0.717, 1.165) is 17.7 Å². The van der Waals surface area contributed by atoms with Crippen LogP contribution in [0.15, 0.2) is 29.8 Å². The number of carbonyl (C=O) groups excluding carboxylic acids is 1. The normalized spacial score (nSPS) is 13.1. The zero-order valence-electron chi connectivity index (χ0n) is 9.84. The van der Waals surface area contributed by atoms with E-state index in [9.17, 15) is 4.79 Å². The van der Waals surface area contributed by atoms with Crippen molar-refractivity contribution in [2.24, 2.45) is 0 Å². The van der Waals surface area contributed by atoms with Crippen LogP contribution in [0.5, 0.6) is 0 Å². The van der Waals surface area contributed by atoms with Crippen molar-refractivity contribution < 1.29 is 4.79 Å². The molecule has 0 saturated carbocycles. The van der Waals surface area contributed by atoms with Crippen molar-refractivity contribution in [3.63, 3.8) is 0 Å². The predicted octanol–water partition coefficient (Wildman–Crippen LogP) is 3.08. The molecule has 0 aliphatic heterocycles. The molecule has 2 rings (SSSR count). The number of benzene rings is 1. The quantitative estimate of drug-likeness (QED) is 0.755. The van der Waals surface area contributed by atoms with Gasteiger partial charge in [0.05, 0.1) is 0 Å². The van der Waals surface area contributed by atoms with Crippen LogP contribution in [0, 0.1) is 0 Å². The van der Waals surface area contributed by atoms with Gasteiger partial charge in [0.25, 0.3) is 0 Å². The Kier molecular flexibility index (Phi) is 3.09. The van der Waals surface area contributed by atoms with E-state index in [1.54, 1.807) is 6.08 Å². The third-order valence-corrected chi connectivity index (χ3v) is 2.79. The van der Waals surface area contributed by atoms with Gasteiger partial charge in [0.2, 0.25) is 5.91 Å². The number of nitrogens with one attached hydrogen (secondary N) is 1. The van der Waals surface area contributed by atoms with Gasteiger partial charge in [0.15, 0.2) is 0 Å². The highest BCUT2D eigenvalue weighted by atomic mass is 16.1. The lowest BCUT2D eigenvalue weighted by molar-refractivity contribution is -0.111. The van der Waals surface area contributed by atoms with Crippen molar-refractivity contribution in [3.8, 4) is 0 Å². The fourth-order valence-electron chi connectivity index (χ4n) is 2.09. The molecule has 0 fully saturated rings. The van der Waals surface area contributed by atoms with Crippen molar-refractivity contribution in [3.05, 3.63) is 41.0 Å². The van der Waals surface area contributed by atoms with E-state index in [1.807, 2.05) is 19.9 Å². The second-order valence-electron chi connectivity index (χ2n) is 4.55. The first kappa shape index (κ1) is 10.9. The molecule has 2 heteroatoms. The van der Waals surface area contributed by atoms with Gasteiger partial charge in [-0.15, -0.1) is 0 Å². The highest BCUT2D eigenvalue weighted by molar-refractivity contribution is 5.99. The van der Waals surface area contributed by atoms with E-state index < -0.39 is 0 Å². The third kappa shape index (κ3) is 2.51. The molecule has 2 nitrogen and oxygen atoms in total. The Morgan fingerprint density at radius 1 is 1.25 bits per heavy atom. The second-order valence-corrected chi connectivity index (χ2v) is 4.55. The van der Waals surface area contributed by atoms with Gasteiger partial charge in [-0.05, 0) is 56.4 Å². The summed E-state index contributed by atoms with van der Waals surface area (Å²) in [6.07, 6.45) is 5.17. The van der Waals surface area contributed by atoms with Crippen LogP contribution < -0.4 is 5.32 Å². The highest BCUT2D eigenvalue weighted by Gasteiger charge is 2.11. The molecule has 1 aromatic rings. The Morgan fingerprint density at radius 3 is 2.75 bits per heavy atom. The number of fused-ring (bicyclic) bond motifs is 1. The Morgan fingerprint density at radius 2 is 2.00 bits per heavy atom. The summed E-state index contributed by atoms with van der Waals surface area (Å²) in [6.45, 7) is 3.84. The van der Waals surface area contributed by atoms with Crippen LogP contribution in [0.3, 0.4) is 0 Å². The van der Waals surface area contributed by atoms with Crippen molar-refractivity contribution in [2.75, 3.05) is 5.32 Å². The molecular formula is C14H17NO. The molecule has 1 aromatic carbocycles. The summed E-state index contributed by atoms with van der Waals surface area (Å²) in [7, 11) is 0. The van der Waals surface area contributed by atoms with Gasteiger partial charge >= 0.3 is 0 Å². The minimum atomic E-state index is -0.0436. The van der Waals surface area contributed by atoms with Gasteiger partial charge in [-0.3, -0.25) is 4.79 Å². The molecule has 0 radical (unpaired) electrons. The maximum atomic E-state index is 11.5. The number of aryl methyl sites for hydroxylation is 2. The lowest BCUT2D eigenvalue weighted by atomic mass is 10.1. The zero-order chi connectivity index (χ0) is 11.5. The van der Waals surface area contributed by atoms with Gasteiger partial charge in [-0.2, -0.15) is 0 Å². The van der Waals surface area contributed by atoms with Crippen LogP contribution in [-0.4, -0.2) is 5.91 Å². The van der Waals surface area contributed by atoms with E-state index in [-0.39, 0.29) is 5.91 Å². The van der Waals surface area contributed by atoms with E-state index in [2.05, 4.69) is 17.4 Å². The maximum Gasteiger partial charge on any atom is 0.248 e. The summed E-state index contributed by atoms with van der Waals surface area (Å²) < 4.78 is 0. The van der Waals surface area contributed by atoms with E-state index in [0.29, 0.717) is 0 Å². The number of carbonyl (C=O) groups is 1. The summed E-state index contributed by atoms with van der Waals surface area (Å²) in [5.74, 6) is -0.0436. The predicted molar refractivity (Wildman–Crippen MR) is 66.5 cm³/mol. The Balaban J connectivity index is 2.11. The molecule has 1 aliphatic rings. The summed E-state index contributed by atoms with van der Waals surface area (Å²) in [6, 6.07) is 6.21. The molecule has 16 heavy (non-hydrogen) atoms.